The van der Waals surface area contributed by atoms with Crippen molar-refractivity contribution in [1.82, 2.24) is 29.7 Å². The zero-order valence-electron chi connectivity index (χ0n) is 16.6. The van der Waals surface area contributed by atoms with Crippen LogP contribution in [0.5, 0.6) is 11.5 Å². The maximum Gasteiger partial charge on any atom is 0.318 e. The van der Waals surface area contributed by atoms with E-state index < -0.39 is 0 Å². The van der Waals surface area contributed by atoms with E-state index in [1.54, 1.807) is 17.1 Å². The Labute approximate surface area is 173 Å². The normalized spacial score (nSPS) is 17.4. The first-order valence-electron chi connectivity index (χ1n) is 9.94. The number of hydrogen-bond donors (Lipinski definition) is 1. The van der Waals surface area contributed by atoms with Crippen molar-refractivity contribution in [3.63, 3.8) is 0 Å². The average molecular weight is 406 g/mol. The van der Waals surface area contributed by atoms with Crippen molar-refractivity contribution in [2.24, 2.45) is 0 Å². The predicted molar refractivity (Wildman–Crippen MR) is 107 cm³/mol. The number of likely N-dealkylation sites (tertiary alicyclic amines) is 1. The molecule has 30 heavy (non-hydrogen) atoms. The summed E-state index contributed by atoms with van der Waals surface area (Å²) in [6.45, 7) is 3.29. The summed E-state index contributed by atoms with van der Waals surface area (Å²) in [5.74, 6) is 2.01. The molecule has 1 fully saturated rings. The van der Waals surface area contributed by atoms with Crippen LogP contribution in [0.25, 0.3) is 5.95 Å². The molecule has 9 nitrogen and oxygen atoms in total. The number of amides is 2. The van der Waals surface area contributed by atoms with E-state index in [0.29, 0.717) is 24.8 Å². The molecule has 1 unspecified atom stereocenters. The lowest BCUT2D eigenvalue weighted by Crippen LogP contribution is -2.39. The summed E-state index contributed by atoms with van der Waals surface area (Å²) in [5.41, 5.74) is 2.67. The Morgan fingerprint density at radius 2 is 2.13 bits per heavy atom. The lowest BCUT2D eigenvalue weighted by atomic mass is 10.1. The zero-order valence-corrected chi connectivity index (χ0v) is 16.6. The minimum absolute atomic E-state index is 0.0780. The summed E-state index contributed by atoms with van der Waals surface area (Å²) >= 11 is 0. The van der Waals surface area contributed by atoms with Crippen LogP contribution in [-0.4, -0.2) is 43.8 Å². The van der Waals surface area contributed by atoms with Gasteiger partial charge < -0.3 is 19.7 Å². The lowest BCUT2D eigenvalue weighted by molar-refractivity contribution is 0.174. The first-order valence-corrected chi connectivity index (χ1v) is 9.94. The number of benzene rings is 1. The molecule has 0 bridgehead atoms. The number of nitrogens with zero attached hydrogens (tertiary/aromatic N) is 5. The van der Waals surface area contributed by atoms with Gasteiger partial charge in [0.2, 0.25) is 12.7 Å². The third-order valence-corrected chi connectivity index (χ3v) is 5.33. The number of carbonyl (C=O) groups is 1. The van der Waals surface area contributed by atoms with Gasteiger partial charge in [-0.1, -0.05) is 6.07 Å². The smallest absolute Gasteiger partial charge is 0.318 e. The number of imidazole rings is 1. The maximum atomic E-state index is 12.9. The summed E-state index contributed by atoms with van der Waals surface area (Å²) in [7, 11) is 0. The number of nitrogens with one attached hydrogen (secondary N) is 1. The standard InChI is InChI=1S/C21H22N6O3/c1-14-9-16(25-20(24-14)26-8-6-22-12-26)17-3-2-7-27(17)21(28)23-11-15-4-5-18-19(10-15)30-13-29-18/h4-6,8-10,12,17H,2-3,7,11,13H2,1H3,(H,23,28). The highest BCUT2D eigenvalue weighted by molar-refractivity contribution is 5.75. The molecular formula is C21H22N6O3. The van der Waals surface area contributed by atoms with Crippen LogP contribution in [0.15, 0.2) is 43.0 Å². The van der Waals surface area contributed by atoms with Crippen molar-refractivity contribution in [3.05, 3.63) is 59.9 Å². The van der Waals surface area contributed by atoms with E-state index in [4.69, 9.17) is 14.5 Å². The molecule has 2 aliphatic heterocycles. The zero-order chi connectivity index (χ0) is 20.5. The van der Waals surface area contributed by atoms with Crippen molar-refractivity contribution in [3.8, 4) is 17.4 Å². The molecule has 9 heteroatoms. The van der Waals surface area contributed by atoms with E-state index in [1.165, 1.54) is 0 Å². The van der Waals surface area contributed by atoms with E-state index in [9.17, 15) is 4.79 Å². The number of aromatic nitrogens is 4. The molecule has 0 spiro atoms. The van der Waals surface area contributed by atoms with Crippen LogP contribution >= 0.6 is 0 Å². The first kappa shape index (κ1) is 18.4. The van der Waals surface area contributed by atoms with Crippen molar-refractivity contribution in [1.29, 1.82) is 0 Å². The van der Waals surface area contributed by atoms with Crippen LogP contribution in [0.4, 0.5) is 4.79 Å². The van der Waals surface area contributed by atoms with Crippen LogP contribution < -0.4 is 14.8 Å². The highest BCUT2D eigenvalue weighted by Gasteiger charge is 2.31. The van der Waals surface area contributed by atoms with Gasteiger partial charge in [0.05, 0.1) is 11.7 Å². The van der Waals surface area contributed by atoms with Crippen LogP contribution in [0, 0.1) is 6.92 Å². The Kier molecular flexibility index (Phi) is 4.70. The van der Waals surface area contributed by atoms with Crippen LogP contribution in [0.3, 0.4) is 0 Å². The number of ether oxygens (including phenoxy) is 2. The summed E-state index contributed by atoms with van der Waals surface area (Å²) in [6, 6.07) is 7.47. The fraction of sp³-hybridized carbons (Fsp3) is 0.333. The van der Waals surface area contributed by atoms with Crippen LogP contribution in [0.2, 0.25) is 0 Å². The third kappa shape index (κ3) is 3.54. The molecule has 5 rings (SSSR count). The second kappa shape index (κ2) is 7.66. The van der Waals surface area contributed by atoms with Gasteiger partial charge in [0.25, 0.3) is 0 Å². The Balaban J connectivity index is 1.31. The fourth-order valence-corrected chi connectivity index (χ4v) is 3.89. The molecular weight excluding hydrogens is 384 g/mol. The summed E-state index contributed by atoms with van der Waals surface area (Å²) in [4.78, 5) is 28.1. The van der Waals surface area contributed by atoms with Gasteiger partial charge >= 0.3 is 6.03 Å². The molecule has 0 aliphatic carbocycles. The molecule has 0 radical (unpaired) electrons. The number of fused-ring (bicyclic) bond motifs is 1. The Morgan fingerprint density at radius 3 is 3.00 bits per heavy atom. The van der Waals surface area contributed by atoms with Gasteiger partial charge in [-0.25, -0.2) is 19.7 Å². The molecule has 2 aromatic heterocycles. The quantitative estimate of drug-likeness (QED) is 0.716. The summed E-state index contributed by atoms with van der Waals surface area (Å²) in [6.07, 6.45) is 6.98. The minimum atomic E-state index is -0.101. The van der Waals surface area contributed by atoms with Gasteiger partial charge in [-0.3, -0.25) is 4.57 Å². The largest absolute Gasteiger partial charge is 0.454 e. The summed E-state index contributed by atoms with van der Waals surface area (Å²) in [5, 5.41) is 3.02. The van der Waals surface area contributed by atoms with Gasteiger partial charge in [-0.15, -0.1) is 0 Å². The van der Waals surface area contributed by atoms with Gasteiger partial charge in [0.15, 0.2) is 11.5 Å². The SMILES string of the molecule is Cc1cc(C2CCCN2C(=O)NCc2ccc3c(c2)OCO3)nc(-n2ccnc2)n1. The molecule has 1 aromatic carbocycles. The molecule has 0 saturated carbocycles. The monoisotopic (exact) mass is 406 g/mol. The molecule has 2 amide bonds. The number of aryl methyl sites for hydroxylation is 1. The lowest BCUT2D eigenvalue weighted by Gasteiger charge is -2.25. The second-order valence-corrected chi connectivity index (χ2v) is 7.40. The number of hydrogen-bond acceptors (Lipinski definition) is 6. The molecule has 1 saturated heterocycles. The average Bonchev–Trinajstić information content (AvgIpc) is 3.52. The Hall–Kier alpha value is -3.62. The maximum absolute atomic E-state index is 12.9. The Morgan fingerprint density at radius 1 is 1.23 bits per heavy atom. The van der Waals surface area contributed by atoms with E-state index in [1.807, 2.05) is 42.3 Å². The molecule has 154 valence electrons. The van der Waals surface area contributed by atoms with Crippen molar-refractivity contribution >= 4 is 6.03 Å². The molecule has 4 heterocycles. The van der Waals surface area contributed by atoms with Crippen molar-refractivity contribution in [2.75, 3.05) is 13.3 Å². The number of urea groups is 1. The van der Waals surface area contributed by atoms with Crippen LogP contribution in [0.1, 0.15) is 35.8 Å². The van der Waals surface area contributed by atoms with Crippen molar-refractivity contribution in [2.45, 2.75) is 32.4 Å². The number of rotatable bonds is 4. The van der Waals surface area contributed by atoms with E-state index >= 15 is 0 Å². The second-order valence-electron chi connectivity index (χ2n) is 7.40. The van der Waals surface area contributed by atoms with Gasteiger partial charge in [0, 0.05) is 31.2 Å². The molecule has 2 aliphatic rings. The van der Waals surface area contributed by atoms with Crippen molar-refractivity contribution < 1.29 is 14.3 Å². The topological polar surface area (TPSA) is 94.4 Å². The minimum Gasteiger partial charge on any atom is -0.454 e. The van der Waals surface area contributed by atoms with E-state index in [0.717, 1.165) is 35.5 Å². The Bertz CT molecular complexity index is 1070. The van der Waals surface area contributed by atoms with Crippen LogP contribution in [-0.2, 0) is 6.54 Å². The molecule has 1 atom stereocenters. The summed E-state index contributed by atoms with van der Waals surface area (Å²) < 4.78 is 12.5. The first-order chi connectivity index (χ1) is 14.7. The van der Waals surface area contributed by atoms with E-state index in [2.05, 4.69) is 15.3 Å². The molecule has 3 aromatic rings. The van der Waals surface area contributed by atoms with Gasteiger partial charge in [-0.2, -0.15) is 0 Å². The highest BCUT2D eigenvalue weighted by atomic mass is 16.7. The number of carbonyl (C=O) groups excluding carboxylic acids is 1. The fourth-order valence-electron chi connectivity index (χ4n) is 3.89. The third-order valence-electron chi connectivity index (χ3n) is 5.33. The van der Waals surface area contributed by atoms with Gasteiger partial charge in [0.1, 0.15) is 6.33 Å². The molecule has 1 N–H and O–H groups in total. The van der Waals surface area contributed by atoms with E-state index in [-0.39, 0.29) is 18.9 Å². The highest BCUT2D eigenvalue weighted by Crippen LogP contribution is 2.33. The predicted octanol–water partition coefficient (Wildman–Crippen LogP) is 2.75. The van der Waals surface area contributed by atoms with Gasteiger partial charge in [-0.05, 0) is 43.5 Å².